The lowest BCUT2D eigenvalue weighted by molar-refractivity contribution is -0.0360. The zero-order valence-corrected chi connectivity index (χ0v) is 27.0. The van der Waals surface area contributed by atoms with Crippen molar-refractivity contribution >= 4 is 34.3 Å². The Hall–Kier alpha value is -4.79. The lowest BCUT2D eigenvalue weighted by Gasteiger charge is -2.21. The summed E-state index contributed by atoms with van der Waals surface area (Å²) in [7, 11) is 0. The Morgan fingerprint density at radius 2 is 1.54 bits per heavy atom. The van der Waals surface area contributed by atoms with Gasteiger partial charge in [0, 0.05) is 12.5 Å². The van der Waals surface area contributed by atoms with Crippen LogP contribution in [0, 0.1) is 6.92 Å². The molecular weight excluding hydrogens is 629 g/mol. The third-order valence-corrected chi connectivity index (χ3v) is 9.38. The summed E-state index contributed by atoms with van der Waals surface area (Å²) >= 11 is 1.30. The Bertz CT molecular complexity index is 1900. The average molecular weight is 665 g/mol. The molecule has 1 fully saturated rings. The van der Waals surface area contributed by atoms with Gasteiger partial charge in [-0.2, -0.15) is 9.97 Å². The molecule has 0 bridgehead atoms. The summed E-state index contributed by atoms with van der Waals surface area (Å²) in [5.74, 6) is 0.742. The molecule has 7 rings (SSSR count). The number of hydrogen-bond donors (Lipinski definition) is 5. The quantitative estimate of drug-likeness (QED) is 0.127. The van der Waals surface area contributed by atoms with E-state index in [4.69, 9.17) is 14.7 Å². The number of imidazole rings is 1. The van der Waals surface area contributed by atoms with Crippen LogP contribution < -0.4 is 10.6 Å². The van der Waals surface area contributed by atoms with Crippen molar-refractivity contribution in [3.8, 4) is 0 Å². The first-order valence-corrected chi connectivity index (χ1v) is 16.6. The minimum Gasteiger partial charge on any atom is -0.394 e. The molecule has 0 aliphatic carbocycles. The SMILES string of the molecule is Cc1nnc([C@H]2O[C@@H](n3cnc4c(NCC(c5ccccc5)c5ccccc5)nc(NC(CO)Cc5ccccc5)nc43)[C@H](O)[C@@H]2O)s1. The fourth-order valence-corrected chi connectivity index (χ4v) is 6.83. The summed E-state index contributed by atoms with van der Waals surface area (Å²) in [5, 5.41) is 48.7. The van der Waals surface area contributed by atoms with Crippen molar-refractivity contribution < 1.29 is 20.1 Å². The van der Waals surface area contributed by atoms with Crippen LogP contribution in [0.2, 0.25) is 0 Å². The fraction of sp³-hybridized carbons (Fsp3) is 0.286. The molecule has 1 aliphatic heterocycles. The summed E-state index contributed by atoms with van der Waals surface area (Å²) in [4.78, 5) is 14.3. The Balaban J connectivity index is 1.25. The van der Waals surface area contributed by atoms with E-state index in [1.807, 2.05) is 73.7 Å². The summed E-state index contributed by atoms with van der Waals surface area (Å²) in [5.41, 5.74) is 4.18. The molecule has 4 heterocycles. The number of aryl methyl sites for hydroxylation is 1. The van der Waals surface area contributed by atoms with Crippen LogP contribution in [-0.2, 0) is 11.2 Å². The van der Waals surface area contributed by atoms with Crippen molar-refractivity contribution in [1.29, 1.82) is 0 Å². The first-order valence-electron chi connectivity index (χ1n) is 15.8. The predicted octanol–water partition coefficient (Wildman–Crippen LogP) is 4.24. The third-order valence-electron chi connectivity index (χ3n) is 8.47. The number of aromatic nitrogens is 6. The Labute approximate surface area is 281 Å². The molecule has 3 aromatic heterocycles. The van der Waals surface area contributed by atoms with Gasteiger partial charge < -0.3 is 30.7 Å². The molecule has 0 spiro atoms. The van der Waals surface area contributed by atoms with E-state index >= 15 is 0 Å². The monoisotopic (exact) mass is 664 g/mol. The number of benzene rings is 3. The van der Waals surface area contributed by atoms with Crippen LogP contribution in [0.25, 0.3) is 11.2 Å². The van der Waals surface area contributed by atoms with Gasteiger partial charge in [0.25, 0.3) is 0 Å². The minimum atomic E-state index is -1.29. The highest BCUT2D eigenvalue weighted by atomic mass is 32.1. The van der Waals surface area contributed by atoms with E-state index in [0.29, 0.717) is 35.0 Å². The zero-order valence-electron chi connectivity index (χ0n) is 26.2. The van der Waals surface area contributed by atoms with Crippen molar-refractivity contribution in [2.75, 3.05) is 23.8 Å². The highest BCUT2D eigenvalue weighted by molar-refractivity contribution is 7.11. The maximum Gasteiger partial charge on any atom is 0.227 e. The molecule has 1 saturated heterocycles. The number of fused-ring (bicyclic) bond motifs is 1. The van der Waals surface area contributed by atoms with Gasteiger partial charge in [0.1, 0.15) is 28.3 Å². The molecule has 0 amide bonds. The van der Waals surface area contributed by atoms with Gasteiger partial charge in [0.2, 0.25) is 5.95 Å². The Morgan fingerprint density at radius 1 is 0.875 bits per heavy atom. The zero-order chi connectivity index (χ0) is 33.0. The van der Waals surface area contributed by atoms with Crippen molar-refractivity contribution in [3.63, 3.8) is 0 Å². The number of ether oxygens (including phenoxy) is 1. The fourth-order valence-electron chi connectivity index (χ4n) is 6.05. The second-order valence-electron chi connectivity index (χ2n) is 11.8. The van der Waals surface area contributed by atoms with Crippen LogP contribution in [-0.4, -0.2) is 76.4 Å². The van der Waals surface area contributed by atoms with Gasteiger partial charge in [-0.1, -0.05) is 102 Å². The van der Waals surface area contributed by atoms with Gasteiger partial charge in [-0.25, -0.2) is 4.98 Å². The van der Waals surface area contributed by atoms with E-state index in [9.17, 15) is 15.3 Å². The second-order valence-corrected chi connectivity index (χ2v) is 13.0. The largest absolute Gasteiger partial charge is 0.394 e. The number of nitrogens with one attached hydrogen (secondary N) is 2. The van der Waals surface area contributed by atoms with E-state index in [0.717, 1.165) is 21.7 Å². The Kier molecular flexibility index (Phi) is 9.36. The number of anilines is 2. The number of aliphatic hydroxyl groups is 3. The van der Waals surface area contributed by atoms with Gasteiger partial charge in [0.05, 0.1) is 19.0 Å². The van der Waals surface area contributed by atoms with E-state index < -0.39 is 24.5 Å². The summed E-state index contributed by atoms with van der Waals surface area (Å²) < 4.78 is 7.81. The lowest BCUT2D eigenvalue weighted by Crippen LogP contribution is -2.29. The van der Waals surface area contributed by atoms with Crippen molar-refractivity contribution in [1.82, 2.24) is 29.7 Å². The summed E-state index contributed by atoms with van der Waals surface area (Å²) in [6.07, 6.45) is -2.32. The lowest BCUT2D eigenvalue weighted by atomic mass is 9.91. The maximum absolute atomic E-state index is 11.2. The van der Waals surface area contributed by atoms with E-state index in [1.165, 1.54) is 17.7 Å². The first kappa shape index (κ1) is 31.8. The number of rotatable bonds is 12. The van der Waals surface area contributed by atoms with E-state index in [1.54, 1.807) is 4.57 Å². The van der Waals surface area contributed by atoms with Crippen molar-refractivity contribution in [2.45, 2.75) is 49.8 Å². The standard InChI is InChI=1S/C35H36N8O4S/c1-21-41-42-33(48-21)30-28(45)29(46)34(47-30)43-20-37-27-31(36-18-26(23-13-7-3-8-14-23)24-15-9-4-10-16-24)39-35(40-32(27)43)38-25(19-44)17-22-11-5-2-6-12-22/h2-16,20,25-26,28-30,34,44-46H,17-19H2,1H3,(H2,36,38,39,40)/t25?,28-,29+,30-,34+/m0/s1. The molecule has 246 valence electrons. The third kappa shape index (κ3) is 6.64. The van der Waals surface area contributed by atoms with Crippen LogP contribution in [0.4, 0.5) is 11.8 Å². The molecule has 3 aromatic carbocycles. The van der Waals surface area contributed by atoms with Gasteiger partial charge in [-0.3, -0.25) is 4.57 Å². The summed E-state index contributed by atoms with van der Waals surface area (Å²) in [6.45, 7) is 2.17. The first-order chi connectivity index (χ1) is 23.5. The van der Waals surface area contributed by atoms with Crippen LogP contribution in [0.15, 0.2) is 97.3 Å². The van der Waals surface area contributed by atoms with Gasteiger partial charge in [0.15, 0.2) is 23.2 Å². The second kappa shape index (κ2) is 14.1. The highest BCUT2D eigenvalue weighted by Crippen LogP contribution is 2.41. The number of nitrogens with zero attached hydrogens (tertiary/aromatic N) is 6. The molecule has 12 nitrogen and oxygen atoms in total. The van der Waals surface area contributed by atoms with Crippen molar-refractivity contribution in [3.05, 3.63) is 124 Å². The van der Waals surface area contributed by atoms with Gasteiger partial charge in [-0.15, -0.1) is 10.2 Å². The molecule has 6 aromatic rings. The van der Waals surface area contributed by atoms with E-state index in [-0.39, 0.29) is 24.5 Å². The molecule has 48 heavy (non-hydrogen) atoms. The smallest absolute Gasteiger partial charge is 0.227 e. The molecular formula is C35H36N8O4S. The van der Waals surface area contributed by atoms with Crippen LogP contribution >= 0.6 is 11.3 Å². The van der Waals surface area contributed by atoms with E-state index in [2.05, 4.69) is 50.1 Å². The summed E-state index contributed by atoms with van der Waals surface area (Å²) in [6, 6.07) is 30.0. The topological polar surface area (TPSA) is 163 Å². The van der Waals surface area contributed by atoms with Gasteiger partial charge in [-0.05, 0) is 30.0 Å². The molecule has 1 aliphatic rings. The van der Waals surface area contributed by atoms with Crippen molar-refractivity contribution in [2.24, 2.45) is 0 Å². The highest BCUT2D eigenvalue weighted by Gasteiger charge is 2.46. The van der Waals surface area contributed by atoms with Gasteiger partial charge >= 0.3 is 0 Å². The van der Waals surface area contributed by atoms with Crippen LogP contribution in [0.5, 0.6) is 0 Å². The van der Waals surface area contributed by atoms with Crippen LogP contribution in [0.3, 0.4) is 0 Å². The molecule has 1 unspecified atom stereocenters. The molecule has 0 saturated carbocycles. The van der Waals surface area contributed by atoms with Crippen LogP contribution in [0.1, 0.15) is 45.0 Å². The molecule has 13 heteroatoms. The molecule has 5 atom stereocenters. The predicted molar refractivity (Wildman–Crippen MR) is 183 cm³/mol. The number of hydrogen-bond acceptors (Lipinski definition) is 12. The minimum absolute atomic E-state index is 0.00503. The number of aliphatic hydroxyl groups excluding tert-OH is 3. The molecule has 0 radical (unpaired) electrons. The molecule has 5 N–H and O–H groups in total. The average Bonchev–Trinajstić information content (AvgIpc) is 3.83. The Morgan fingerprint density at radius 3 is 2.17 bits per heavy atom. The normalized spacial score (nSPS) is 19.9. The maximum atomic E-state index is 11.2.